The molecule has 2 aromatic rings. The van der Waals surface area contributed by atoms with Gasteiger partial charge in [0.2, 0.25) is 0 Å². The molecular formula is C13H11NO5. The van der Waals surface area contributed by atoms with E-state index in [1.165, 1.54) is 24.5 Å². The van der Waals surface area contributed by atoms with Gasteiger partial charge in [0.15, 0.2) is 5.76 Å². The summed E-state index contributed by atoms with van der Waals surface area (Å²) in [5, 5.41) is 11.0. The highest BCUT2D eigenvalue weighted by molar-refractivity contribution is 5.96. The summed E-state index contributed by atoms with van der Waals surface area (Å²) in [6, 6.07) is 7.50. The number of carbonyl (C=O) groups is 1. The molecule has 0 aliphatic carbocycles. The van der Waals surface area contributed by atoms with E-state index in [9.17, 15) is 14.9 Å². The Morgan fingerprint density at radius 1 is 1.37 bits per heavy atom. The lowest BCUT2D eigenvalue weighted by molar-refractivity contribution is -0.384. The number of nitrogens with zero attached hydrogens (tertiary/aromatic N) is 1. The van der Waals surface area contributed by atoms with Gasteiger partial charge in [-0.1, -0.05) is 12.1 Å². The fourth-order valence-electron chi connectivity index (χ4n) is 1.71. The molecule has 98 valence electrons. The predicted molar refractivity (Wildman–Crippen MR) is 66.8 cm³/mol. The van der Waals surface area contributed by atoms with Crippen molar-refractivity contribution in [3.63, 3.8) is 0 Å². The molecule has 0 saturated heterocycles. The van der Waals surface area contributed by atoms with Crippen molar-refractivity contribution in [2.45, 2.75) is 6.92 Å². The van der Waals surface area contributed by atoms with Gasteiger partial charge in [0.05, 0.1) is 23.4 Å². The first-order valence-corrected chi connectivity index (χ1v) is 5.63. The highest BCUT2D eigenvalue weighted by atomic mass is 16.6. The first-order chi connectivity index (χ1) is 9.15. The minimum atomic E-state index is -0.565. The second kappa shape index (κ2) is 5.34. The molecule has 0 unspecified atom stereocenters. The number of furan rings is 1. The van der Waals surface area contributed by atoms with Gasteiger partial charge >= 0.3 is 5.97 Å². The Bertz CT molecular complexity index is 617. The second-order valence-electron chi connectivity index (χ2n) is 3.66. The lowest BCUT2D eigenvalue weighted by Crippen LogP contribution is -2.05. The summed E-state index contributed by atoms with van der Waals surface area (Å²) < 4.78 is 10.1. The van der Waals surface area contributed by atoms with Crippen LogP contribution in [0, 0.1) is 10.1 Å². The lowest BCUT2D eigenvalue weighted by atomic mass is 10.1. The van der Waals surface area contributed by atoms with E-state index in [0.717, 1.165) is 0 Å². The summed E-state index contributed by atoms with van der Waals surface area (Å²) in [5.74, 6) is -0.421. The van der Waals surface area contributed by atoms with Crippen LogP contribution in [0.4, 0.5) is 5.69 Å². The Hall–Kier alpha value is -2.63. The van der Waals surface area contributed by atoms with Gasteiger partial charge in [-0.15, -0.1) is 0 Å². The van der Waals surface area contributed by atoms with Crippen LogP contribution in [0.1, 0.15) is 17.3 Å². The fraction of sp³-hybridized carbons (Fsp3) is 0.154. The zero-order valence-electron chi connectivity index (χ0n) is 10.2. The summed E-state index contributed by atoms with van der Waals surface area (Å²) in [7, 11) is 0. The Labute approximate surface area is 108 Å². The summed E-state index contributed by atoms with van der Waals surface area (Å²) in [6.07, 6.45) is 1.30. The third kappa shape index (κ3) is 2.47. The summed E-state index contributed by atoms with van der Waals surface area (Å²) in [6.45, 7) is 1.91. The van der Waals surface area contributed by atoms with E-state index in [4.69, 9.17) is 9.15 Å². The molecule has 1 heterocycles. The van der Waals surface area contributed by atoms with Crippen molar-refractivity contribution in [2.24, 2.45) is 0 Å². The number of nitro benzene ring substituents is 1. The van der Waals surface area contributed by atoms with Crippen molar-refractivity contribution in [2.75, 3.05) is 6.61 Å². The van der Waals surface area contributed by atoms with E-state index in [1.54, 1.807) is 19.1 Å². The molecule has 0 aliphatic rings. The standard InChI is InChI=1S/C13H11NO5/c1-2-18-13(15)10-7-8-19-12(10)9-5-3-4-6-11(9)14(16)17/h3-8H,2H2,1H3. The molecule has 1 aromatic heterocycles. The Kier molecular flexibility index (Phi) is 3.61. The van der Waals surface area contributed by atoms with Crippen molar-refractivity contribution >= 4 is 11.7 Å². The molecule has 0 saturated carbocycles. The number of rotatable bonds is 4. The van der Waals surface area contributed by atoms with Gasteiger partial charge in [-0.05, 0) is 19.1 Å². The van der Waals surface area contributed by atoms with Crippen LogP contribution in [0.25, 0.3) is 11.3 Å². The molecule has 0 atom stereocenters. The van der Waals surface area contributed by atoms with Gasteiger partial charge in [0.25, 0.3) is 5.69 Å². The van der Waals surface area contributed by atoms with Crippen LogP contribution >= 0.6 is 0 Å². The Morgan fingerprint density at radius 3 is 2.79 bits per heavy atom. The molecule has 0 radical (unpaired) electrons. The van der Waals surface area contributed by atoms with Crippen molar-refractivity contribution in [3.05, 3.63) is 52.3 Å². The highest BCUT2D eigenvalue weighted by Gasteiger charge is 2.23. The van der Waals surface area contributed by atoms with Crippen LogP contribution in [-0.2, 0) is 4.74 Å². The van der Waals surface area contributed by atoms with Gasteiger partial charge in [-0.25, -0.2) is 4.79 Å². The molecule has 6 heteroatoms. The summed E-state index contributed by atoms with van der Waals surface area (Å²) in [5.41, 5.74) is 0.305. The summed E-state index contributed by atoms with van der Waals surface area (Å²) >= 11 is 0. The maximum atomic E-state index is 11.7. The number of carbonyl (C=O) groups excluding carboxylic acids is 1. The van der Waals surface area contributed by atoms with Crippen molar-refractivity contribution in [3.8, 4) is 11.3 Å². The quantitative estimate of drug-likeness (QED) is 0.480. The smallest absolute Gasteiger partial charge is 0.342 e. The molecule has 19 heavy (non-hydrogen) atoms. The Balaban J connectivity index is 2.52. The Morgan fingerprint density at radius 2 is 2.11 bits per heavy atom. The number of benzene rings is 1. The van der Waals surface area contributed by atoms with E-state index < -0.39 is 10.9 Å². The third-order valence-corrected chi connectivity index (χ3v) is 2.51. The van der Waals surface area contributed by atoms with Crippen molar-refractivity contribution < 1.29 is 18.9 Å². The van der Waals surface area contributed by atoms with E-state index in [1.807, 2.05) is 0 Å². The van der Waals surface area contributed by atoms with E-state index in [-0.39, 0.29) is 29.2 Å². The first-order valence-electron chi connectivity index (χ1n) is 5.63. The predicted octanol–water partition coefficient (Wildman–Crippen LogP) is 3.03. The van der Waals surface area contributed by atoms with Crippen molar-refractivity contribution in [1.82, 2.24) is 0 Å². The number of hydrogen-bond donors (Lipinski definition) is 0. The van der Waals surface area contributed by atoms with Gasteiger partial charge < -0.3 is 9.15 Å². The number of esters is 1. The first kappa shape index (κ1) is 12.8. The molecule has 6 nitrogen and oxygen atoms in total. The van der Waals surface area contributed by atoms with Crippen LogP contribution in [0.2, 0.25) is 0 Å². The second-order valence-corrected chi connectivity index (χ2v) is 3.66. The van der Waals surface area contributed by atoms with Gasteiger partial charge in [-0.2, -0.15) is 0 Å². The molecule has 1 aromatic carbocycles. The average Bonchev–Trinajstić information content (AvgIpc) is 2.88. The SMILES string of the molecule is CCOC(=O)c1ccoc1-c1ccccc1[N+](=O)[O-]. The third-order valence-electron chi connectivity index (χ3n) is 2.51. The molecule has 0 spiro atoms. The molecule has 0 N–H and O–H groups in total. The zero-order chi connectivity index (χ0) is 13.8. The molecular weight excluding hydrogens is 250 g/mol. The molecule has 0 bridgehead atoms. The lowest BCUT2D eigenvalue weighted by Gasteiger charge is -2.03. The van der Waals surface area contributed by atoms with Crippen LogP contribution in [0.15, 0.2) is 41.0 Å². The van der Waals surface area contributed by atoms with Crippen LogP contribution < -0.4 is 0 Å². The maximum absolute atomic E-state index is 11.7. The highest BCUT2D eigenvalue weighted by Crippen LogP contribution is 2.32. The zero-order valence-corrected chi connectivity index (χ0v) is 10.2. The number of ether oxygens (including phenoxy) is 1. The number of nitro groups is 1. The van der Waals surface area contributed by atoms with Crippen LogP contribution in [0.5, 0.6) is 0 Å². The normalized spacial score (nSPS) is 10.2. The van der Waals surface area contributed by atoms with Crippen LogP contribution in [0.3, 0.4) is 0 Å². The molecule has 0 amide bonds. The maximum Gasteiger partial charge on any atom is 0.342 e. The number of hydrogen-bond acceptors (Lipinski definition) is 5. The molecule has 0 fully saturated rings. The average molecular weight is 261 g/mol. The van der Waals surface area contributed by atoms with Crippen molar-refractivity contribution in [1.29, 1.82) is 0 Å². The topological polar surface area (TPSA) is 82.6 Å². The molecule has 0 aliphatic heterocycles. The van der Waals surface area contributed by atoms with E-state index in [2.05, 4.69) is 0 Å². The number of para-hydroxylation sites is 1. The minimum Gasteiger partial charge on any atom is -0.463 e. The largest absolute Gasteiger partial charge is 0.463 e. The summed E-state index contributed by atoms with van der Waals surface area (Å²) in [4.78, 5) is 22.2. The fourth-order valence-corrected chi connectivity index (χ4v) is 1.71. The van der Waals surface area contributed by atoms with Crippen LogP contribution in [-0.4, -0.2) is 17.5 Å². The van der Waals surface area contributed by atoms with E-state index in [0.29, 0.717) is 0 Å². The van der Waals surface area contributed by atoms with Gasteiger partial charge in [0.1, 0.15) is 5.56 Å². The monoisotopic (exact) mass is 261 g/mol. The van der Waals surface area contributed by atoms with Gasteiger partial charge in [-0.3, -0.25) is 10.1 Å². The molecule has 2 rings (SSSR count). The van der Waals surface area contributed by atoms with E-state index >= 15 is 0 Å². The van der Waals surface area contributed by atoms with Gasteiger partial charge in [0, 0.05) is 6.07 Å². The minimum absolute atomic E-state index is 0.122.